The van der Waals surface area contributed by atoms with Crippen LogP contribution in [0.15, 0.2) is 0 Å². The van der Waals surface area contributed by atoms with Gasteiger partial charge in [0.2, 0.25) is 0 Å². The Bertz CT molecular complexity index is 1020. The van der Waals surface area contributed by atoms with Crippen LogP contribution in [0.4, 0.5) is 26.3 Å². The summed E-state index contributed by atoms with van der Waals surface area (Å²) in [6.07, 6.45) is -11.9. The third-order valence-corrected chi connectivity index (χ3v) is 7.23. The summed E-state index contributed by atoms with van der Waals surface area (Å²) in [5.41, 5.74) is 0. The first-order valence-corrected chi connectivity index (χ1v) is 12.1. The van der Waals surface area contributed by atoms with Crippen LogP contribution in [-0.2, 0) is 48.0 Å². The molecule has 12 nitrogen and oxygen atoms in total. The molecule has 2 saturated heterocycles. The smallest absolute Gasteiger partial charge is 0.272 e. The molecule has 2 heterocycles. The molecule has 4 amide bonds. The van der Waals surface area contributed by atoms with Crippen molar-refractivity contribution in [2.24, 2.45) is 23.7 Å². The maximum absolute atomic E-state index is 12.4. The van der Waals surface area contributed by atoms with E-state index in [0.717, 1.165) is 0 Å². The van der Waals surface area contributed by atoms with E-state index in [0.29, 0.717) is 0 Å². The highest BCUT2D eigenvalue weighted by molar-refractivity contribution is 7.87. The lowest BCUT2D eigenvalue weighted by atomic mass is 9.70. The number of halogens is 6. The quantitative estimate of drug-likeness (QED) is 0.318. The molecule has 1 aliphatic carbocycles. The summed E-state index contributed by atoms with van der Waals surface area (Å²) in [4.78, 5) is 49.6. The average Bonchev–Trinajstić information content (AvgIpc) is 2.97. The molecule has 0 aromatic carbocycles. The second kappa shape index (κ2) is 8.12. The Morgan fingerprint density at radius 2 is 0.853 bits per heavy atom. The van der Waals surface area contributed by atoms with Crippen molar-refractivity contribution in [2.75, 3.05) is 11.5 Å². The summed E-state index contributed by atoms with van der Waals surface area (Å²) in [7, 11) is -11.0. The van der Waals surface area contributed by atoms with Crippen molar-refractivity contribution in [3.8, 4) is 0 Å². The molecule has 4 unspecified atom stereocenters. The number of alkyl halides is 6. The second-order valence-electron chi connectivity index (χ2n) is 7.62. The van der Waals surface area contributed by atoms with E-state index in [2.05, 4.69) is 8.57 Å². The number of imide groups is 2. The Kier molecular flexibility index (Phi) is 6.28. The molecule has 2 aliphatic heterocycles. The highest BCUT2D eigenvalue weighted by atomic mass is 32.2. The van der Waals surface area contributed by atoms with Gasteiger partial charge in [-0.25, -0.2) is 0 Å². The second-order valence-corrected chi connectivity index (χ2v) is 10.7. The third-order valence-electron chi connectivity index (χ3n) is 5.11. The lowest BCUT2D eigenvalue weighted by molar-refractivity contribution is -0.167. The Morgan fingerprint density at radius 1 is 0.618 bits per heavy atom. The third kappa shape index (κ3) is 5.33. The molecule has 4 atom stereocenters. The van der Waals surface area contributed by atoms with Gasteiger partial charge in [0.25, 0.3) is 43.9 Å². The van der Waals surface area contributed by atoms with Crippen LogP contribution in [0.2, 0.25) is 0 Å². The zero-order valence-corrected chi connectivity index (χ0v) is 17.8. The first kappa shape index (κ1) is 26.3. The van der Waals surface area contributed by atoms with E-state index in [1.54, 1.807) is 0 Å². The number of carbonyl (C=O) groups is 4. The molecule has 0 aromatic rings. The SMILES string of the molecule is O=C1C2CC3C(=O)N(OS(=O)(=O)CC(F)(F)F)C(=O)C3CC2C(=O)N1OS(=O)(=O)CC(F)(F)F. The summed E-state index contributed by atoms with van der Waals surface area (Å²) in [6, 6.07) is 0. The molecule has 20 heteroatoms. The lowest BCUT2D eigenvalue weighted by Crippen LogP contribution is -2.38. The Balaban J connectivity index is 1.77. The molecule has 192 valence electrons. The largest absolute Gasteiger partial charge is 0.405 e. The number of nitrogens with zero attached hydrogens (tertiary/aromatic N) is 2. The van der Waals surface area contributed by atoms with Crippen molar-refractivity contribution < 1.29 is 70.9 Å². The zero-order chi connectivity index (χ0) is 26.0. The molecule has 0 N–H and O–H groups in total. The van der Waals surface area contributed by atoms with E-state index in [-0.39, 0.29) is 0 Å². The molecule has 34 heavy (non-hydrogen) atoms. The normalized spacial score (nSPS) is 28.5. The van der Waals surface area contributed by atoms with E-state index in [1.807, 2.05) is 0 Å². The highest BCUT2D eigenvalue weighted by Crippen LogP contribution is 2.48. The topological polar surface area (TPSA) is 161 Å². The van der Waals surface area contributed by atoms with Gasteiger partial charge in [0.05, 0.1) is 23.7 Å². The number of rotatable bonds is 6. The summed E-state index contributed by atoms with van der Waals surface area (Å²) >= 11 is 0. The molecule has 3 fully saturated rings. The highest BCUT2D eigenvalue weighted by Gasteiger charge is 2.62. The minimum Gasteiger partial charge on any atom is -0.272 e. The number of amides is 4. The summed E-state index contributed by atoms with van der Waals surface area (Å²) in [5.74, 6) is -16.9. The van der Waals surface area contributed by atoms with Gasteiger partial charge in [-0.1, -0.05) is 0 Å². The van der Waals surface area contributed by atoms with E-state index in [4.69, 9.17) is 0 Å². The molecule has 0 bridgehead atoms. The lowest BCUT2D eigenvalue weighted by Gasteiger charge is -2.27. The minimum absolute atomic E-state index is 0.408. The van der Waals surface area contributed by atoms with Crippen molar-refractivity contribution in [3.63, 3.8) is 0 Å². The minimum atomic E-state index is -5.48. The summed E-state index contributed by atoms with van der Waals surface area (Å²) in [6.45, 7) is 0. The molecule has 3 aliphatic rings. The number of hydroxylamine groups is 4. The summed E-state index contributed by atoms with van der Waals surface area (Å²) < 4.78 is 128. The van der Waals surface area contributed by atoms with Crippen LogP contribution in [0.25, 0.3) is 0 Å². The van der Waals surface area contributed by atoms with E-state index in [1.165, 1.54) is 0 Å². The molecule has 0 spiro atoms. The Morgan fingerprint density at radius 3 is 1.06 bits per heavy atom. The Labute approximate surface area is 185 Å². The number of fused-ring (bicyclic) bond motifs is 2. The predicted molar refractivity (Wildman–Crippen MR) is 88.8 cm³/mol. The van der Waals surface area contributed by atoms with E-state index >= 15 is 0 Å². The molecule has 0 radical (unpaired) electrons. The first-order valence-electron chi connectivity index (χ1n) is 8.95. The van der Waals surface area contributed by atoms with E-state index < -0.39 is 114 Å². The molecular formula is C14H12F6N2O10S2. The van der Waals surface area contributed by atoms with Gasteiger partial charge in [-0.15, -0.1) is 18.7 Å². The first-order chi connectivity index (χ1) is 15.2. The van der Waals surface area contributed by atoms with Gasteiger partial charge in [-0.2, -0.15) is 43.2 Å². The van der Waals surface area contributed by atoms with Crippen LogP contribution in [0.3, 0.4) is 0 Å². The van der Waals surface area contributed by atoms with Gasteiger partial charge >= 0.3 is 12.4 Å². The van der Waals surface area contributed by atoms with Gasteiger partial charge < -0.3 is 0 Å². The maximum Gasteiger partial charge on any atom is 0.405 e. The number of hydrogen-bond acceptors (Lipinski definition) is 10. The molecule has 3 rings (SSSR count). The maximum atomic E-state index is 12.4. The molecular weight excluding hydrogens is 534 g/mol. The summed E-state index contributed by atoms with van der Waals surface area (Å²) in [5, 5.41) is -0.817. The van der Waals surface area contributed by atoms with Crippen LogP contribution in [0.1, 0.15) is 12.8 Å². The monoisotopic (exact) mass is 546 g/mol. The van der Waals surface area contributed by atoms with Crippen molar-refractivity contribution in [3.05, 3.63) is 0 Å². The van der Waals surface area contributed by atoms with Crippen molar-refractivity contribution in [2.45, 2.75) is 25.2 Å². The standard InChI is InChI=1S/C14H12F6N2O10S2/c15-13(16,17)3-33(27,28)31-21-9(23)5-1-6-8(2-7(5)11(21)25)12(26)22(10(6)24)32-34(29,30)4-14(18,19)20/h5-8H,1-4H2. The van der Waals surface area contributed by atoms with Crippen LogP contribution >= 0.6 is 0 Å². The van der Waals surface area contributed by atoms with Crippen molar-refractivity contribution in [1.29, 1.82) is 0 Å². The predicted octanol–water partition coefficient (Wildman–Crippen LogP) is -0.370. The number of carbonyl (C=O) groups excluding carboxylic acids is 4. The van der Waals surface area contributed by atoms with Gasteiger partial charge in [0.15, 0.2) is 11.5 Å². The fourth-order valence-electron chi connectivity index (χ4n) is 3.94. The fourth-order valence-corrected chi connectivity index (χ4v) is 5.60. The van der Waals surface area contributed by atoms with Gasteiger partial charge in [-0.05, 0) is 12.8 Å². The van der Waals surface area contributed by atoms with Gasteiger partial charge in [-0.3, -0.25) is 19.2 Å². The Hall–Kier alpha value is -2.32. The van der Waals surface area contributed by atoms with Gasteiger partial charge in [0, 0.05) is 0 Å². The van der Waals surface area contributed by atoms with Crippen LogP contribution in [-0.4, -0.2) is 74.4 Å². The molecule has 1 saturated carbocycles. The van der Waals surface area contributed by atoms with Crippen LogP contribution in [0.5, 0.6) is 0 Å². The number of hydrogen-bond donors (Lipinski definition) is 0. The van der Waals surface area contributed by atoms with Crippen LogP contribution in [0, 0.1) is 23.7 Å². The van der Waals surface area contributed by atoms with Crippen LogP contribution < -0.4 is 0 Å². The van der Waals surface area contributed by atoms with Crippen molar-refractivity contribution >= 4 is 43.9 Å². The van der Waals surface area contributed by atoms with E-state index in [9.17, 15) is 62.4 Å². The molecule has 0 aromatic heterocycles. The average molecular weight is 546 g/mol. The fraction of sp³-hybridized carbons (Fsp3) is 0.714. The van der Waals surface area contributed by atoms with Crippen molar-refractivity contribution in [1.82, 2.24) is 10.1 Å². The van der Waals surface area contributed by atoms with Gasteiger partial charge in [0.1, 0.15) is 0 Å². The zero-order valence-electron chi connectivity index (χ0n) is 16.2.